The van der Waals surface area contributed by atoms with Crippen LogP contribution in [0.3, 0.4) is 0 Å². The molecule has 0 bridgehead atoms. The van der Waals surface area contributed by atoms with Crippen LogP contribution in [0.1, 0.15) is 40.2 Å². The normalized spacial score (nSPS) is 11.4. The van der Waals surface area contributed by atoms with E-state index in [2.05, 4.69) is 11.2 Å². The molecular weight excluding hydrogens is 294 g/mol. The molecule has 1 aromatic rings. The standard InChI is InChI=1S/C18H25NO4/c1-9-18(5,6)12-10-14(21-7)15(22-8)11-13(12)19-16(20)23-17(2,3)4/h1,10-11H,2-8H3,(H,19,20). The number of methoxy groups -OCH3 is 2. The molecule has 5 nitrogen and oxygen atoms in total. The summed E-state index contributed by atoms with van der Waals surface area (Å²) in [5, 5.41) is 2.74. The maximum Gasteiger partial charge on any atom is 0.412 e. The largest absolute Gasteiger partial charge is 0.493 e. The predicted molar refractivity (Wildman–Crippen MR) is 91.3 cm³/mol. The van der Waals surface area contributed by atoms with E-state index in [-0.39, 0.29) is 0 Å². The van der Waals surface area contributed by atoms with Crippen LogP contribution < -0.4 is 14.8 Å². The Kier molecular flexibility index (Phi) is 5.55. The van der Waals surface area contributed by atoms with Crippen molar-refractivity contribution in [2.75, 3.05) is 19.5 Å². The highest BCUT2D eigenvalue weighted by molar-refractivity contribution is 5.87. The van der Waals surface area contributed by atoms with E-state index >= 15 is 0 Å². The van der Waals surface area contributed by atoms with Gasteiger partial charge in [-0.25, -0.2) is 4.79 Å². The average Bonchev–Trinajstić information content (AvgIpc) is 2.44. The summed E-state index contributed by atoms with van der Waals surface area (Å²) in [7, 11) is 3.08. The number of carbonyl (C=O) groups excluding carboxylic acids is 1. The van der Waals surface area contributed by atoms with E-state index in [1.165, 1.54) is 7.11 Å². The van der Waals surface area contributed by atoms with Crippen LogP contribution in [-0.4, -0.2) is 25.9 Å². The van der Waals surface area contributed by atoms with E-state index < -0.39 is 17.1 Å². The Morgan fingerprint density at radius 2 is 1.61 bits per heavy atom. The predicted octanol–water partition coefficient (Wildman–Crippen LogP) is 3.96. The number of hydrogen-bond acceptors (Lipinski definition) is 4. The summed E-state index contributed by atoms with van der Waals surface area (Å²) in [4.78, 5) is 12.1. The molecule has 1 N–H and O–H groups in total. The molecule has 0 radical (unpaired) electrons. The van der Waals surface area contributed by atoms with Gasteiger partial charge in [0.05, 0.1) is 25.3 Å². The fourth-order valence-electron chi connectivity index (χ4n) is 1.99. The molecular formula is C18H25NO4. The summed E-state index contributed by atoms with van der Waals surface area (Å²) in [6.07, 6.45) is 5.08. The van der Waals surface area contributed by atoms with Gasteiger partial charge in [-0.05, 0) is 46.2 Å². The quantitative estimate of drug-likeness (QED) is 0.853. The zero-order valence-electron chi connectivity index (χ0n) is 14.9. The topological polar surface area (TPSA) is 56.8 Å². The molecule has 1 rings (SSSR count). The third kappa shape index (κ3) is 4.82. The molecule has 0 unspecified atom stereocenters. The fourth-order valence-corrected chi connectivity index (χ4v) is 1.99. The second-order valence-corrected chi connectivity index (χ2v) is 6.65. The Hall–Kier alpha value is -2.35. The molecule has 1 aromatic carbocycles. The molecule has 23 heavy (non-hydrogen) atoms. The van der Waals surface area contributed by atoms with Gasteiger partial charge in [0, 0.05) is 6.07 Å². The molecule has 0 saturated heterocycles. The lowest BCUT2D eigenvalue weighted by atomic mass is 9.84. The van der Waals surface area contributed by atoms with Crippen molar-refractivity contribution >= 4 is 11.8 Å². The highest BCUT2D eigenvalue weighted by Gasteiger charge is 2.26. The fraction of sp³-hybridized carbons (Fsp3) is 0.500. The number of ether oxygens (including phenoxy) is 3. The Labute approximate surface area is 138 Å². The smallest absolute Gasteiger partial charge is 0.412 e. The number of benzene rings is 1. The van der Waals surface area contributed by atoms with Crippen molar-refractivity contribution in [3.8, 4) is 23.8 Å². The van der Waals surface area contributed by atoms with Crippen LogP contribution in [0.25, 0.3) is 0 Å². The highest BCUT2D eigenvalue weighted by Crippen LogP contribution is 2.39. The van der Waals surface area contributed by atoms with Crippen LogP contribution in [0.5, 0.6) is 11.5 Å². The third-order valence-electron chi connectivity index (χ3n) is 3.19. The maximum atomic E-state index is 12.1. The number of rotatable bonds is 4. The van der Waals surface area contributed by atoms with Crippen LogP contribution >= 0.6 is 0 Å². The summed E-state index contributed by atoms with van der Waals surface area (Å²) < 4.78 is 15.9. The lowest BCUT2D eigenvalue weighted by Crippen LogP contribution is -2.28. The van der Waals surface area contributed by atoms with E-state index in [0.29, 0.717) is 17.2 Å². The molecule has 126 valence electrons. The lowest BCUT2D eigenvalue weighted by Gasteiger charge is -2.25. The second-order valence-electron chi connectivity index (χ2n) is 6.65. The molecule has 0 atom stereocenters. The van der Waals surface area contributed by atoms with Gasteiger partial charge in [-0.3, -0.25) is 5.32 Å². The molecule has 0 aliphatic heterocycles. The Morgan fingerprint density at radius 3 is 2.04 bits per heavy atom. The van der Waals surface area contributed by atoms with E-state index in [1.807, 2.05) is 13.8 Å². The van der Waals surface area contributed by atoms with E-state index in [0.717, 1.165) is 5.56 Å². The van der Waals surface area contributed by atoms with Crippen molar-refractivity contribution < 1.29 is 19.0 Å². The summed E-state index contributed by atoms with van der Waals surface area (Å²) >= 11 is 0. The van der Waals surface area contributed by atoms with Crippen LogP contribution in [0.2, 0.25) is 0 Å². The van der Waals surface area contributed by atoms with Crippen molar-refractivity contribution in [2.24, 2.45) is 0 Å². The Morgan fingerprint density at radius 1 is 1.09 bits per heavy atom. The van der Waals surface area contributed by atoms with Gasteiger partial charge in [-0.15, -0.1) is 6.42 Å². The Bertz CT molecular complexity index is 621. The van der Waals surface area contributed by atoms with E-state index in [1.54, 1.807) is 40.0 Å². The lowest BCUT2D eigenvalue weighted by molar-refractivity contribution is 0.0635. The minimum Gasteiger partial charge on any atom is -0.493 e. The van der Waals surface area contributed by atoms with Gasteiger partial charge in [-0.1, -0.05) is 5.92 Å². The minimum absolute atomic E-state index is 0.495. The third-order valence-corrected chi connectivity index (χ3v) is 3.19. The number of hydrogen-bond donors (Lipinski definition) is 1. The van der Waals surface area contributed by atoms with Gasteiger partial charge in [0.2, 0.25) is 0 Å². The zero-order valence-corrected chi connectivity index (χ0v) is 14.9. The van der Waals surface area contributed by atoms with Gasteiger partial charge in [0.1, 0.15) is 5.60 Å². The van der Waals surface area contributed by atoms with Crippen molar-refractivity contribution in [1.29, 1.82) is 0 Å². The van der Waals surface area contributed by atoms with E-state index in [9.17, 15) is 4.79 Å². The van der Waals surface area contributed by atoms with Crippen molar-refractivity contribution in [1.82, 2.24) is 0 Å². The maximum absolute atomic E-state index is 12.1. The minimum atomic E-state index is -0.607. The molecule has 0 spiro atoms. The Balaban J connectivity index is 3.33. The second kappa shape index (κ2) is 6.82. The first-order valence-electron chi connectivity index (χ1n) is 7.28. The summed E-state index contributed by atoms with van der Waals surface area (Å²) in [5.41, 5.74) is 0.0650. The molecule has 0 aromatic heterocycles. The number of anilines is 1. The zero-order chi connectivity index (χ0) is 17.8. The molecule has 0 aliphatic rings. The van der Waals surface area contributed by atoms with Gasteiger partial charge in [-0.2, -0.15) is 0 Å². The van der Waals surface area contributed by atoms with Crippen LogP contribution in [-0.2, 0) is 10.2 Å². The SMILES string of the molecule is C#CC(C)(C)c1cc(OC)c(OC)cc1NC(=O)OC(C)(C)C. The van der Waals surface area contributed by atoms with Crippen LogP contribution in [0.15, 0.2) is 12.1 Å². The van der Waals surface area contributed by atoms with Gasteiger partial charge in [0.25, 0.3) is 0 Å². The van der Waals surface area contributed by atoms with Crippen molar-refractivity contribution in [3.05, 3.63) is 17.7 Å². The number of amides is 1. The van der Waals surface area contributed by atoms with Gasteiger partial charge < -0.3 is 14.2 Å². The first-order valence-corrected chi connectivity index (χ1v) is 7.28. The number of terminal acetylenes is 1. The highest BCUT2D eigenvalue weighted by atomic mass is 16.6. The average molecular weight is 319 g/mol. The van der Waals surface area contributed by atoms with Gasteiger partial charge in [0.15, 0.2) is 11.5 Å². The summed E-state index contributed by atoms with van der Waals surface area (Å²) in [6, 6.07) is 3.45. The van der Waals surface area contributed by atoms with Crippen LogP contribution in [0, 0.1) is 12.3 Å². The first kappa shape index (κ1) is 18.7. The first-order chi connectivity index (χ1) is 10.5. The van der Waals surface area contributed by atoms with E-state index in [4.69, 9.17) is 20.6 Å². The van der Waals surface area contributed by atoms with Crippen LogP contribution in [0.4, 0.5) is 10.5 Å². The molecule has 1 amide bonds. The monoisotopic (exact) mass is 319 g/mol. The van der Waals surface area contributed by atoms with Crippen molar-refractivity contribution in [2.45, 2.75) is 45.6 Å². The summed E-state index contributed by atoms with van der Waals surface area (Å²) in [6.45, 7) is 9.16. The molecule has 0 saturated carbocycles. The number of nitrogens with one attached hydrogen (secondary N) is 1. The number of carbonyl (C=O) groups is 1. The van der Waals surface area contributed by atoms with Crippen molar-refractivity contribution in [3.63, 3.8) is 0 Å². The molecule has 0 fully saturated rings. The molecule has 5 heteroatoms. The molecule has 0 heterocycles. The molecule has 0 aliphatic carbocycles. The summed E-state index contributed by atoms with van der Waals surface area (Å²) in [5.74, 6) is 3.76. The van der Waals surface area contributed by atoms with Gasteiger partial charge >= 0.3 is 6.09 Å².